The minimum absolute atomic E-state index is 0.263. The zero-order chi connectivity index (χ0) is 12.3. The quantitative estimate of drug-likeness (QED) is 0.503. The van der Waals surface area contributed by atoms with Crippen molar-refractivity contribution in [2.45, 2.75) is 25.2 Å². The number of anilines is 1. The molecule has 2 aromatic rings. The Morgan fingerprint density at radius 3 is 3.06 bits per heavy atom. The second-order valence-electron chi connectivity index (χ2n) is 3.97. The van der Waals surface area contributed by atoms with Crippen molar-refractivity contribution in [3.63, 3.8) is 0 Å². The molecule has 0 atom stereocenters. The summed E-state index contributed by atoms with van der Waals surface area (Å²) in [6, 6.07) is 5.46. The third-order valence-electron chi connectivity index (χ3n) is 2.15. The van der Waals surface area contributed by atoms with Crippen LogP contribution in [0.25, 0.3) is 11.1 Å². The molecule has 0 radical (unpaired) electrons. The van der Waals surface area contributed by atoms with Gasteiger partial charge in [-0.25, -0.2) is 4.98 Å². The lowest BCUT2D eigenvalue weighted by atomic mass is 10.3. The molecule has 5 heteroatoms. The average Bonchev–Trinajstić information content (AvgIpc) is 2.66. The molecular weight excluding hydrogens is 236 g/mol. The summed E-state index contributed by atoms with van der Waals surface area (Å²) in [4.78, 5) is 4.35. The second kappa shape index (κ2) is 5.42. The Kier molecular flexibility index (Phi) is 3.91. The summed E-state index contributed by atoms with van der Waals surface area (Å²) in [5.74, 6) is 0.834. The number of nitrogens with zero attached hydrogens (tertiary/aromatic N) is 1. The van der Waals surface area contributed by atoms with Crippen LogP contribution in [0.4, 0.5) is 5.69 Å². The van der Waals surface area contributed by atoms with Gasteiger partial charge in [0.15, 0.2) is 5.58 Å². The Morgan fingerprint density at radius 2 is 2.29 bits per heavy atom. The number of aromatic nitrogens is 1. The lowest BCUT2D eigenvalue weighted by Crippen LogP contribution is -2.05. The molecule has 0 amide bonds. The third-order valence-corrected chi connectivity index (χ3v) is 2.94. The number of oxazole rings is 1. The van der Waals surface area contributed by atoms with E-state index < -0.39 is 0 Å². The van der Waals surface area contributed by atoms with Gasteiger partial charge in [-0.2, -0.15) is 0 Å². The van der Waals surface area contributed by atoms with Gasteiger partial charge in [0.25, 0.3) is 5.22 Å². The number of nitrogen functional groups attached to an aromatic ring is 1. The van der Waals surface area contributed by atoms with Crippen LogP contribution in [0.1, 0.15) is 13.8 Å². The van der Waals surface area contributed by atoms with Gasteiger partial charge >= 0.3 is 0 Å². The highest BCUT2D eigenvalue weighted by Crippen LogP contribution is 2.24. The van der Waals surface area contributed by atoms with E-state index >= 15 is 0 Å². The maximum atomic E-state index is 5.68. The molecule has 0 bridgehead atoms. The summed E-state index contributed by atoms with van der Waals surface area (Å²) in [5.41, 5.74) is 7.95. The fourth-order valence-corrected chi connectivity index (χ4v) is 2.06. The Labute approximate surface area is 105 Å². The van der Waals surface area contributed by atoms with Crippen molar-refractivity contribution >= 4 is 28.5 Å². The number of hydrogen-bond donors (Lipinski definition) is 1. The van der Waals surface area contributed by atoms with Gasteiger partial charge in [-0.1, -0.05) is 11.8 Å². The predicted molar refractivity (Wildman–Crippen MR) is 70.2 cm³/mol. The van der Waals surface area contributed by atoms with Gasteiger partial charge < -0.3 is 14.9 Å². The lowest BCUT2D eigenvalue weighted by Gasteiger charge is -2.04. The second-order valence-corrected chi connectivity index (χ2v) is 5.02. The number of nitrogens with two attached hydrogens (primary N) is 1. The SMILES string of the molecule is CC(C)OCCSc1nc2cc(N)ccc2o1. The lowest BCUT2D eigenvalue weighted by molar-refractivity contribution is 0.0919. The number of benzene rings is 1. The molecule has 4 nitrogen and oxygen atoms in total. The number of ether oxygens (including phenoxy) is 1. The maximum Gasteiger partial charge on any atom is 0.256 e. The van der Waals surface area contributed by atoms with E-state index in [-0.39, 0.29) is 6.10 Å². The van der Waals surface area contributed by atoms with Gasteiger partial charge in [0, 0.05) is 11.4 Å². The molecule has 0 aliphatic carbocycles. The van der Waals surface area contributed by atoms with Crippen LogP contribution in [0, 0.1) is 0 Å². The van der Waals surface area contributed by atoms with E-state index in [0.717, 1.165) is 16.9 Å². The molecule has 1 aromatic carbocycles. The van der Waals surface area contributed by atoms with Gasteiger partial charge in [0.2, 0.25) is 0 Å². The highest BCUT2D eigenvalue weighted by Gasteiger charge is 2.06. The molecule has 0 aliphatic rings. The largest absolute Gasteiger partial charge is 0.431 e. The summed E-state index contributed by atoms with van der Waals surface area (Å²) in [5, 5.41) is 0.665. The van der Waals surface area contributed by atoms with Crippen LogP contribution >= 0.6 is 11.8 Å². The number of rotatable bonds is 5. The van der Waals surface area contributed by atoms with Crippen molar-refractivity contribution in [1.29, 1.82) is 0 Å². The molecular formula is C12H16N2O2S. The number of fused-ring (bicyclic) bond motifs is 1. The Morgan fingerprint density at radius 1 is 1.47 bits per heavy atom. The van der Waals surface area contributed by atoms with Crippen LogP contribution in [-0.2, 0) is 4.74 Å². The summed E-state index contributed by atoms with van der Waals surface area (Å²) in [7, 11) is 0. The zero-order valence-electron chi connectivity index (χ0n) is 9.97. The van der Waals surface area contributed by atoms with Crippen LogP contribution in [0.15, 0.2) is 27.8 Å². The minimum atomic E-state index is 0.263. The first-order chi connectivity index (χ1) is 8.15. The van der Waals surface area contributed by atoms with E-state index in [1.165, 1.54) is 0 Å². The van der Waals surface area contributed by atoms with Gasteiger partial charge in [0.1, 0.15) is 5.52 Å². The monoisotopic (exact) mass is 252 g/mol. The van der Waals surface area contributed by atoms with Gasteiger partial charge in [0.05, 0.1) is 12.7 Å². The Bertz CT molecular complexity index is 496. The minimum Gasteiger partial charge on any atom is -0.431 e. The Hall–Kier alpha value is -1.20. The smallest absolute Gasteiger partial charge is 0.256 e. The maximum absolute atomic E-state index is 5.68. The highest BCUT2D eigenvalue weighted by molar-refractivity contribution is 7.99. The van der Waals surface area contributed by atoms with Crippen LogP contribution in [0.5, 0.6) is 0 Å². The predicted octanol–water partition coefficient (Wildman–Crippen LogP) is 2.93. The molecule has 0 saturated carbocycles. The summed E-state index contributed by atoms with van der Waals surface area (Å²) in [6.07, 6.45) is 0.263. The van der Waals surface area contributed by atoms with E-state index in [2.05, 4.69) is 4.98 Å². The fourth-order valence-electron chi connectivity index (χ4n) is 1.40. The Balaban J connectivity index is 1.95. The molecule has 2 rings (SSSR count). The van der Waals surface area contributed by atoms with Gasteiger partial charge in [-0.3, -0.25) is 0 Å². The molecule has 0 spiro atoms. The average molecular weight is 252 g/mol. The van der Waals surface area contributed by atoms with Crippen molar-refractivity contribution in [3.8, 4) is 0 Å². The van der Waals surface area contributed by atoms with Crippen LogP contribution < -0.4 is 5.73 Å². The van der Waals surface area contributed by atoms with Crippen molar-refractivity contribution in [2.24, 2.45) is 0 Å². The molecule has 0 unspecified atom stereocenters. The molecule has 1 heterocycles. The number of hydrogen-bond acceptors (Lipinski definition) is 5. The first-order valence-corrected chi connectivity index (χ1v) is 6.54. The molecule has 17 heavy (non-hydrogen) atoms. The topological polar surface area (TPSA) is 61.3 Å². The van der Waals surface area contributed by atoms with E-state index in [9.17, 15) is 0 Å². The highest BCUT2D eigenvalue weighted by atomic mass is 32.2. The van der Waals surface area contributed by atoms with E-state index in [1.807, 2.05) is 32.0 Å². The van der Waals surface area contributed by atoms with E-state index in [1.54, 1.807) is 11.8 Å². The van der Waals surface area contributed by atoms with Crippen molar-refractivity contribution in [3.05, 3.63) is 18.2 Å². The van der Waals surface area contributed by atoms with E-state index in [4.69, 9.17) is 14.9 Å². The van der Waals surface area contributed by atoms with Crippen molar-refractivity contribution in [2.75, 3.05) is 18.1 Å². The molecule has 0 aliphatic heterocycles. The van der Waals surface area contributed by atoms with E-state index in [0.29, 0.717) is 17.5 Å². The fraction of sp³-hybridized carbons (Fsp3) is 0.417. The van der Waals surface area contributed by atoms with Crippen molar-refractivity contribution in [1.82, 2.24) is 4.98 Å². The van der Waals surface area contributed by atoms with Gasteiger partial charge in [-0.05, 0) is 32.0 Å². The molecule has 2 N–H and O–H groups in total. The molecule has 1 aromatic heterocycles. The zero-order valence-corrected chi connectivity index (χ0v) is 10.8. The van der Waals surface area contributed by atoms with Crippen LogP contribution in [-0.4, -0.2) is 23.4 Å². The normalized spacial score (nSPS) is 11.5. The first kappa shape index (κ1) is 12.3. The van der Waals surface area contributed by atoms with Crippen LogP contribution in [0.3, 0.4) is 0 Å². The summed E-state index contributed by atoms with van der Waals surface area (Å²) in [6.45, 7) is 4.74. The molecule has 0 saturated heterocycles. The summed E-state index contributed by atoms with van der Waals surface area (Å²) < 4.78 is 11.0. The van der Waals surface area contributed by atoms with Gasteiger partial charge in [-0.15, -0.1) is 0 Å². The first-order valence-electron chi connectivity index (χ1n) is 5.55. The summed E-state index contributed by atoms with van der Waals surface area (Å²) >= 11 is 1.55. The standard InChI is InChI=1S/C12H16N2O2S/c1-8(2)15-5-6-17-12-14-10-7-9(13)3-4-11(10)16-12/h3-4,7-8H,5-6,13H2,1-2H3. The van der Waals surface area contributed by atoms with Crippen molar-refractivity contribution < 1.29 is 9.15 Å². The molecule has 92 valence electrons. The number of thioether (sulfide) groups is 1. The third kappa shape index (κ3) is 3.38. The van der Waals surface area contributed by atoms with Crippen LogP contribution in [0.2, 0.25) is 0 Å². The molecule has 0 fully saturated rings.